The molecule has 2 atom stereocenters. The molecule has 4 nitrogen and oxygen atoms in total. The van der Waals surface area contributed by atoms with Crippen LogP contribution < -0.4 is 10.1 Å². The van der Waals surface area contributed by atoms with Gasteiger partial charge in [0, 0.05) is 32.2 Å². The molecule has 1 aliphatic rings. The molecule has 1 heterocycles. The Morgan fingerprint density at radius 1 is 1.45 bits per heavy atom. The average molecular weight is 279 g/mol. The number of benzene rings is 1. The van der Waals surface area contributed by atoms with Crippen LogP contribution in [-0.4, -0.2) is 38.1 Å². The van der Waals surface area contributed by atoms with E-state index in [9.17, 15) is 0 Å². The lowest BCUT2D eigenvalue weighted by Crippen LogP contribution is -2.36. The molecule has 0 bridgehead atoms. The Morgan fingerprint density at radius 3 is 3.00 bits per heavy atom. The highest BCUT2D eigenvalue weighted by Gasteiger charge is 2.18. The Labute approximate surface area is 121 Å². The van der Waals surface area contributed by atoms with Gasteiger partial charge in [-0.1, -0.05) is 19.1 Å². The van der Waals surface area contributed by atoms with E-state index in [4.69, 9.17) is 14.6 Å². The molecule has 0 saturated carbocycles. The third-order valence-corrected chi connectivity index (χ3v) is 3.81. The van der Waals surface area contributed by atoms with E-state index in [2.05, 4.69) is 30.4 Å². The minimum Gasteiger partial charge on any atom is -0.493 e. The number of aliphatic hydroxyl groups is 1. The van der Waals surface area contributed by atoms with Crippen LogP contribution in [0.4, 0.5) is 0 Å². The van der Waals surface area contributed by atoms with Gasteiger partial charge in [0.15, 0.2) is 0 Å². The number of methoxy groups -OCH3 is 1. The fraction of sp³-hybridized carbons (Fsp3) is 0.625. The van der Waals surface area contributed by atoms with Gasteiger partial charge in [0.05, 0.1) is 13.2 Å². The van der Waals surface area contributed by atoms with Crippen LogP contribution in [0.15, 0.2) is 18.2 Å². The van der Waals surface area contributed by atoms with Crippen LogP contribution in [0.5, 0.6) is 5.75 Å². The van der Waals surface area contributed by atoms with Crippen LogP contribution in [0.2, 0.25) is 0 Å². The maximum Gasteiger partial charge on any atom is 0.122 e. The zero-order chi connectivity index (χ0) is 14.4. The summed E-state index contributed by atoms with van der Waals surface area (Å²) < 4.78 is 10.8. The van der Waals surface area contributed by atoms with Crippen molar-refractivity contribution in [2.75, 3.05) is 26.9 Å². The van der Waals surface area contributed by atoms with Crippen LogP contribution in [-0.2, 0) is 11.2 Å². The number of ether oxygens (including phenoxy) is 2. The summed E-state index contributed by atoms with van der Waals surface area (Å²) in [5.74, 6) is 1.02. The number of aliphatic hydroxyl groups excluding tert-OH is 1. The number of hydrogen-bond acceptors (Lipinski definition) is 4. The van der Waals surface area contributed by atoms with Gasteiger partial charge in [-0.3, -0.25) is 0 Å². The molecule has 0 fully saturated rings. The molecule has 2 unspecified atom stereocenters. The fourth-order valence-electron chi connectivity index (χ4n) is 2.73. The van der Waals surface area contributed by atoms with E-state index in [1.165, 1.54) is 11.1 Å². The lowest BCUT2D eigenvalue weighted by molar-refractivity contribution is 0.142. The Bertz CT molecular complexity index is 416. The first-order valence-corrected chi connectivity index (χ1v) is 7.40. The maximum atomic E-state index is 9.13. The lowest BCUT2D eigenvalue weighted by Gasteiger charge is -2.25. The molecule has 0 amide bonds. The number of fused-ring (bicyclic) bond motifs is 1. The van der Waals surface area contributed by atoms with Crippen molar-refractivity contribution in [3.8, 4) is 5.75 Å². The Morgan fingerprint density at radius 2 is 2.30 bits per heavy atom. The van der Waals surface area contributed by atoms with Gasteiger partial charge in [-0.2, -0.15) is 0 Å². The second-order valence-electron chi connectivity index (χ2n) is 5.26. The summed E-state index contributed by atoms with van der Waals surface area (Å²) in [7, 11) is 1.69. The van der Waals surface area contributed by atoms with Crippen molar-refractivity contribution in [2.45, 2.75) is 38.3 Å². The highest BCUT2D eigenvalue weighted by molar-refractivity contribution is 5.40. The van der Waals surface area contributed by atoms with Gasteiger partial charge in [-0.15, -0.1) is 0 Å². The molecule has 0 spiro atoms. The number of rotatable bonds is 8. The van der Waals surface area contributed by atoms with Crippen molar-refractivity contribution in [3.05, 3.63) is 29.3 Å². The standard InChI is InChI=1S/C16H25NO3/c1-3-15(17-14(6-8-18)11-19-2)12-4-5-16-13(10-12)7-9-20-16/h4-5,10,14-15,17-18H,3,6-9,11H2,1-2H3. The van der Waals surface area contributed by atoms with E-state index in [0.29, 0.717) is 13.0 Å². The van der Waals surface area contributed by atoms with Crippen molar-refractivity contribution in [2.24, 2.45) is 0 Å². The smallest absolute Gasteiger partial charge is 0.122 e. The van der Waals surface area contributed by atoms with E-state index in [1.54, 1.807) is 7.11 Å². The summed E-state index contributed by atoms with van der Waals surface area (Å²) in [6.07, 6.45) is 2.71. The molecule has 1 aromatic rings. The molecule has 1 aliphatic heterocycles. The van der Waals surface area contributed by atoms with E-state index in [0.717, 1.165) is 25.2 Å². The monoisotopic (exact) mass is 279 g/mol. The van der Waals surface area contributed by atoms with Crippen molar-refractivity contribution >= 4 is 0 Å². The second kappa shape index (κ2) is 7.62. The Balaban J connectivity index is 2.06. The van der Waals surface area contributed by atoms with Crippen molar-refractivity contribution < 1.29 is 14.6 Å². The molecule has 20 heavy (non-hydrogen) atoms. The van der Waals surface area contributed by atoms with E-state index < -0.39 is 0 Å². The summed E-state index contributed by atoms with van der Waals surface area (Å²) in [5.41, 5.74) is 2.59. The minimum absolute atomic E-state index is 0.176. The van der Waals surface area contributed by atoms with Gasteiger partial charge in [0.2, 0.25) is 0 Å². The zero-order valence-corrected chi connectivity index (χ0v) is 12.4. The van der Waals surface area contributed by atoms with Crippen LogP contribution in [0.3, 0.4) is 0 Å². The summed E-state index contributed by atoms with van der Waals surface area (Å²) in [5, 5.41) is 12.7. The molecule has 0 aromatic heterocycles. The van der Waals surface area contributed by atoms with Gasteiger partial charge < -0.3 is 19.9 Å². The molecule has 1 aromatic carbocycles. The van der Waals surface area contributed by atoms with Gasteiger partial charge >= 0.3 is 0 Å². The Kier molecular flexibility index (Phi) is 5.83. The van der Waals surface area contributed by atoms with Crippen molar-refractivity contribution in [1.29, 1.82) is 0 Å². The molecule has 112 valence electrons. The summed E-state index contributed by atoms with van der Waals surface area (Å²) in [4.78, 5) is 0. The highest BCUT2D eigenvalue weighted by Crippen LogP contribution is 2.29. The van der Waals surface area contributed by atoms with Crippen LogP contribution >= 0.6 is 0 Å². The molecule has 0 aliphatic carbocycles. The molecule has 0 radical (unpaired) electrons. The van der Waals surface area contributed by atoms with Gasteiger partial charge in [0.1, 0.15) is 5.75 Å². The van der Waals surface area contributed by atoms with Gasteiger partial charge in [0.25, 0.3) is 0 Å². The quantitative estimate of drug-likeness (QED) is 0.765. The lowest BCUT2D eigenvalue weighted by atomic mass is 9.99. The van der Waals surface area contributed by atoms with E-state index >= 15 is 0 Å². The first-order valence-electron chi connectivity index (χ1n) is 7.40. The van der Waals surface area contributed by atoms with Gasteiger partial charge in [-0.25, -0.2) is 0 Å². The predicted octanol–water partition coefficient (Wildman–Crippen LogP) is 2.06. The maximum absolute atomic E-state index is 9.13. The SMILES string of the molecule is CCC(NC(CCO)COC)c1ccc2c(c1)CCO2. The largest absolute Gasteiger partial charge is 0.493 e. The number of nitrogens with one attached hydrogen (secondary N) is 1. The second-order valence-corrected chi connectivity index (χ2v) is 5.26. The minimum atomic E-state index is 0.176. The molecular weight excluding hydrogens is 254 g/mol. The average Bonchev–Trinajstić information content (AvgIpc) is 2.92. The molecule has 4 heteroatoms. The first kappa shape index (κ1) is 15.3. The van der Waals surface area contributed by atoms with Crippen molar-refractivity contribution in [1.82, 2.24) is 5.32 Å². The fourth-order valence-corrected chi connectivity index (χ4v) is 2.73. The van der Waals surface area contributed by atoms with Gasteiger partial charge in [-0.05, 0) is 30.0 Å². The molecule has 2 N–H and O–H groups in total. The van der Waals surface area contributed by atoms with Crippen LogP contribution in [0, 0.1) is 0 Å². The topological polar surface area (TPSA) is 50.7 Å². The van der Waals surface area contributed by atoms with E-state index in [1.807, 2.05) is 0 Å². The molecule has 0 saturated heterocycles. The zero-order valence-electron chi connectivity index (χ0n) is 12.4. The summed E-state index contributed by atoms with van der Waals surface area (Å²) in [6.45, 7) is 3.75. The Hall–Kier alpha value is -1.10. The first-order chi connectivity index (χ1) is 9.78. The third kappa shape index (κ3) is 3.72. The van der Waals surface area contributed by atoms with Crippen LogP contribution in [0.25, 0.3) is 0 Å². The van der Waals surface area contributed by atoms with Crippen molar-refractivity contribution in [3.63, 3.8) is 0 Å². The normalized spacial score (nSPS) is 16.6. The summed E-state index contributed by atoms with van der Waals surface area (Å²) >= 11 is 0. The van der Waals surface area contributed by atoms with Crippen LogP contribution in [0.1, 0.15) is 36.9 Å². The molecular formula is C16H25NO3. The predicted molar refractivity (Wildman–Crippen MR) is 79.2 cm³/mol. The third-order valence-electron chi connectivity index (χ3n) is 3.81. The number of hydrogen-bond donors (Lipinski definition) is 2. The summed E-state index contributed by atoms with van der Waals surface area (Å²) in [6, 6.07) is 6.91. The van der Waals surface area contributed by atoms with E-state index in [-0.39, 0.29) is 18.7 Å². The molecule has 2 rings (SSSR count). The highest BCUT2D eigenvalue weighted by atomic mass is 16.5.